The van der Waals surface area contributed by atoms with E-state index >= 15 is 0 Å². The third kappa shape index (κ3) is 4.41. The molecule has 2 rings (SSSR count). The van der Waals surface area contributed by atoms with Gasteiger partial charge in [-0.05, 0) is 42.9 Å². The minimum absolute atomic E-state index is 0.0374. The summed E-state index contributed by atoms with van der Waals surface area (Å²) < 4.78 is 32.3. The first kappa shape index (κ1) is 15.7. The highest BCUT2D eigenvalue weighted by atomic mass is 35.5. The van der Waals surface area contributed by atoms with Crippen LogP contribution in [-0.4, -0.2) is 6.54 Å². The fourth-order valence-electron chi connectivity index (χ4n) is 1.90. The Bertz CT molecular complexity index is 619. The third-order valence-corrected chi connectivity index (χ3v) is 3.21. The molecule has 0 aliphatic rings. The maximum absolute atomic E-state index is 13.6. The molecule has 0 aliphatic heterocycles. The van der Waals surface area contributed by atoms with Crippen LogP contribution in [0.3, 0.4) is 0 Å². The van der Waals surface area contributed by atoms with E-state index in [4.69, 9.17) is 16.3 Å². The normalized spacial score (nSPS) is 10.7. The van der Waals surface area contributed by atoms with Crippen molar-refractivity contribution in [1.29, 1.82) is 0 Å². The molecule has 0 saturated heterocycles. The van der Waals surface area contributed by atoms with Crippen molar-refractivity contribution in [2.45, 2.75) is 20.1 Å². The number of hydrogen-bond donors (Lipinski definition) is 1. The Morgan fingerprint density at radius 1 is 1.10 bits per heavy atom. The van der Waals surface area contributed by atoms with Crippen molar-refractivity contribution in [1.82, 2.24) is 5.32 Å². The van der Waals surface area contributed by atoms with Crippen LogP contribution in [-0.2, 0) is 13.2 Å². The summed E-state index contributed by atoms with van der Waals surface area (Å²) in [5.74, 6) is -0.374. The fraction of sp³-hybridized carbons (Fsp3) is 0.250. The van der Waals surface area contributed by atoms with E-state index in [9.17, 15) is 8.78 Å². The summed E-state index contributed by atoms with van der Waals surface area (Å²) in [4.78, 5) is 0. The molecule has 112 valence electrons. The maximum atomic E-state index is 13.6. The second-order valence-corrected chi connectivity index (χ2v) is 4.99. The molecule has 0 atom stereocenters. The van der Waals surface area contributed by atoms with E-state index in [1.807, 2.05) is 6.92 Å². The van der Waals surface area contributed by atoms with Crippen LogP contribution in [0.4, 0.5) is 8.78 Å². The van der Waals surface area contributed by atoms with Crippen molar-refractivity contribution >= 4 is 11.6 Å². The van der Waals surface area contributed by atoms with E-state index in [0.717, 1.165) is 30.3 Å². The minimum atomic E-state index is -0.487. The van der Waals surface area contributed by atoms with E-state index in [1.54, 1.807) is 18.2 Å². The second kappa shape index (κ2) is 7.38. The topological polar surface area (TPSA) is 21.3 Å². The first-order chi connectivity index (χ1) is 10.1. The number of hydrogen-bond acceptors (Lipinski definition) is 2. The molecule has 0 heterocycles. The molecule has 0 saturated carbocycles. The fourth-order valence-corrected chi connectivity index (χ4v) is 2.09. The van der Waals surface area contributed by atoms with Gasteiger partial charge in [-0.2, -0.15) is 0 Å². The molecule has 0 amide bonds. The van der Waals surface area contributed by atoms with E-state index in [1.165, 1.54) is 0 Å². The van der Waals surface area contributed by atoms with Gasteiger partial charge in [0.1, 0.15) is 24.0 Å². The van der Waals surface area contributed by atoms with Gasteiger partial charge in [0, 0.05) is 22.7 Å². The summed E-state index contributed by atoms with van der Waals surface area (Å²) in [7, 11) is 0. The van der Waals surface area contributed by atoms with Gasteiger partial charge in [-0.1, -0.05) is 18.5 Å². The monoisotopic (exact) mass is 311 g/mol. The molecule has 0 spiro atoms. The van der Waals surface area contributed by atoms with E-state index in [0.29, 0.717) is 17.3 Å². The van der Waals surface area contributed by atoms with Crippen molar-refractivity contribution in [2.24, 2.45) is 0 Å². The maximum Gasteiger partial charge on any atom is 0.130 e. The van der Waals surface area contributed by atoms with Crippen LogP contribution in [0.5, 0.6) is 5.75 Å². The molecule has 0 unspecified atom stereocenters. The highest BCUT2D eigenvalue weighted by molar-refractivity contribution is 6.30. The molecule has 2 aromatic rings. The Balaban J connectivity index is 2.13. The predicted molar refractivity (Wildman–Crippen MR) is 79.5 cm³/mol. The quantitative estimate of drug-likeness (QED) is 0.858. The lowest BCUT2D eigenvalue weighted by Gasteiger charge is -2.13. The van der Waals surface area contributed by atoms with Crippen LogP contribution in [0.1, 0.15) is 18.1 Å². The van der Waals surface area contributed by atoms with Crippen molar-refractivity contribution in [3.8, 4) is 5.75 Å². The second-order valence-electron chi connectivity index (χ2n) is 4.56. The molecule has 0 radical (unpaired) electrons. The lowest BCUT2D eigenvalue weighted by Crippen LogP contribution is -2.13. The summed E-state index contributed by atoms with van der Waals surface area (Å²) in [6.07, 6.45) is 0. The predicted octanol–water partition coefficient (Wildman–Crippen LogP) is 4.31. The standard InChI is InChI=1S/C16H16ClF2NO/c1-2-20-9-11-7-13(17)3-6-16(11)21-10-12-8-14(18)4-5-15(12)19/h3-8,20H,2,9-10H2,1H3. The van der Waals surface area contributed by atoms with Gasteiger partial charge in [-0.15, -0.1) is 0 Å². The molecule has 0 aromatic heterocycles. The smallest absolute Gasteiger partial charge is 0.130 e. The molecule has 0 fully saturated rings. The van der Waals surface area contributed by atoms with Gasteiger partial charge >= 0.3 is 0 Å². The zero-order valence-electron chi connectivity index (χ0n) is 11.6. The summed E-state index contributed by atoms with van der Waals surface area (Å²) >= 11 is 5.97. The Morgan fingerprint density at radius 2 is 1.90 bits per heavy atom. The summed E-state index contributed by atoms with van der Waals surface area (Å²) in [5.41, 5.74) is 1.06. The zero-order valence-corrected chi connectivity index (χ0v) is 12.4. The summed E-state index contributed by atoms with van der Waals surface area (Å²) in [6, 6.07) is 8.53. The molecule has 21 heavy (non-hydrogen) atoms. The third-order valence-electron chi connectivity index (χ3n) is 2.98. The molecule has 1 N–H and O–H groups in total. The minimum Gasteiger partial charge on any atom is -0.488 e. The number of halogens is 3. The van der Waals surface area contributed by atoms with Crippen LogP contribution in [0.15, 0.2) is 36.4 Å². The first-order valence-electron chi connectivity index (χ1n) is 6.66. The van der Waals surface area contributed by atoms with E-state index in [-0.39, 0.29) is 12.2 Å². The van der Waals surface area contributed by atoms with Crippen molar-refractivity contribution in [3.63, 3.8) is 0 Å². The van der Waals surface area contributed by atoms with Gasteiger partial charge in [0.25, 0.3) is 0 Å². The van der Waals surface area contributed by atoms with Crippen molar-refractivity contribution < 1.29 is 13.5 Å². The molecule has 0 aliphatic carbocycles. The molecular weight excluding hydrogens is 296 g/mol. The molecule has 0 bridgehead atoms. The van der Waals surface area contributed by atoms with E-state index in [2.05, 4.69) is 5.32 Å². The lowest BCUT2D eigenvalue weighted by atomic mass is 10.2. The molecule has 2 nitrogen and oxygen atoms in total. The largest absolute Gasteiger partial charge is 0.488 e. The van der Waals surface area contributed by atoms with Crippen LogP contribution in [0.25, 0.3) is 0 Å². The van der Waals surface area contributed by atoms with Crippen molar-refractivity contribution in [2.75, 3.05) is 6.54 Å². The van der Waals surface area contributed by atoms with Crippen LogP contribution >= 0.6 is 11.6 Å². The number of nitrogens with one attached hydrogen (secondary N) is 1. The average Bonchev–Trinajstić information content (AvgIpc) is 2.47. The Hall–Kier alpha value is -1.65. The van der Waals surface area contributed by atoms with Gasteiger partial charge in [0.05, 0.1) is 0 Å². The number of ether oxygens (including phenoxy) is 1. The highest BCUT2D eigenvalue weighted by Crippen LogP contribution is 2.24. The Morgan fingerprint density at radius 3 is 2.67 bits per heavy atom. The van der Waals surface area contributed by atoms with Crippen molar-refractivity contribution in [3.05, 3.63) is 64.2 Å². The average molecular weight is 312 g/mol. The Labute approximate surface area is 127 Å². The van der Waals surface area contributed by atoms with Gasteiger partial charge in [-0.25, -0.2) is 8.78 Å². The van der Waals surface area contributed by atoms with E-state index < -0.39 is 11.6 Å². The van der Waals surface area contributed by atoms with Gasteiger partial charge < -0.3 is 10.1 Å². The summed E-state index contributed by atoms with van der Waals surface area (Å²) in [5, 5.41) is 3.78. The lowest BCUT2D eigenvalue weighted by molar-refractivity contribution is 0.295. The number of rotatable bonds is 6. The van der Waals surface area contributed by atoms with Gasteiger partial charge in [-0.3, -0.25) is 0 Å². The van der Waals surface area contributed by atoms with Gasteiger partial charge in [0.15, 0.2) is 0 Å². The van der Waals surface area contributed by atoms with Crippen LogP contribution in [0, 0.1) is 11.6 Å². The van der Waals surface area contributed by atoms with Crippen LogP contribution in [0.2, 0.25) is 5.02 Å². The number of benzene rings is 2. The Kier molecular flexibility index (Phi) is 5.53. The highest BCUT2D eigenvalue weighted by Gasteiger charge is 2.08. The SMILES string of the molecule is CCNCc1cc(Cl)ccc1OCc1cc(F)ccc1F. The zero-order chi connectivity index (χ0) is 15.2. The summed E-state index contributed by atoms with van der Waals surface area (Å²) in [6.45, 7) is 3.36. The molecule has 5 heteroatoms. The molecule has 2 aromatic carbocycles. The first-order valence-corrected chi connectivity index (χ1v) is 7.04. The van der Waals surface area contributed by atoms with Crippen LogP contribution < -0.4 is 10.1 Å². The van der Waals surface area contributed by atoms with Gasteiger partial charge in [0.2, 0.25) is 0 Å². The molecular formula is C16H16ClF2NO.